The van der Waals surface area contributed by atoms with E-state index in [0.29, 0.717) is 24.7 Å². The molecule has 1 saturated heterocycles. The molecule has 1 aliphatic heterocycles. The largest absolute Gasteiger partial charge is 0.368 e. The predicted molar refractivity (Wildman–Crippen MR) is 95.3 cm³/mol. The third-order valence-corrected chi connectivity index (χ3v) is 4.42. The summed E-state index contributed by atoms with van der Waals surface area (Å²) in [6, 6.07) is 11.9. The molecule has 0 saturated carbocycles. The van der Waals surface area contributed by atoms with Gasteiger partial charge in [0.1, 0.15) is 11.9 Å². The van der Waals surface area contributed by atoms with Crippen LogP contribution in [-0.2, 0) is 11.3 Å². The summed E-state index contributed by atoms with van der Waals surface area (Å²) in [4.78, 5) is 25.6. The van der Waals surface area contributed by atoms with Crippen LogP contribution in [0.15, 0.2) is 47.4 Å². The number of H-pyrrole nitrogens is 1. The van der Waals surface area contributed by atoms with Crippen LogP contribution in [0.5, 0.6) is 0 Å². The van der Waals surface area contributed by atoms with E-state index in [1.54, 1.807) is 0 Å². The van der Waals surface area contributed by atoms with Crippen molar-refractivity contribution in [3.63, 3.8) is 0 Å². The molecular formula is C19H20N4O2. The Morgan fingerprint density at radius 1 is 1.32 bits per heavy atom. The Kier molecular flexibility index (Phi) is 4.29. The Labute approximate surface area is 145 Å². The molecule has 0 radical (unpaired) electrons. The molecule has 1 aliphatic rings. The average molecular weight is 336 g/mol. The highest BCUT2D eigenvalue weighted by Gasteiger charge is 2.24. The van der Waals surface area contributed by atoms with Gasteiger partial charge in [-0.2, -0.15) is 0 Å². The molecule has 128 valence electrons. The summed E-state index contributed by atoms with van der Waals surface area (Å²) >= 11 is 0. The highest BCUT2D eigenvalue weighted by molar-refractivity contribution is 5.78. The number of ether oxygens (including phenoxy) is 1. The minimum absolute atomic E-state index is 0.134. The molecule has 2 aromatic heterocycles. The van der Waals surface area contributed by atoms with Crippen LogP contribution in [0.25, 0.3) is 10.9 Å². The monoisotopic (exact) mass is 336 g/mol. The maximum Gasteiger partial charge on any atom is 0.251 e. The van der Waals surface area contributed by atoms with Crippen molar-refractivity contribution in [2.45, 2.75) is 19.6 Å². The van der Waals surface area contributed by atoms with Crippen molar-refractivity contribution in [1.82, 2.24) is 19.9 Å². The summed E-state index contributed by atoms with van der Waals surface area (Å²) in [5.74, 6) is 0.609. The fourth-order valence-corrected chi connectivity index (χ4v) is 3.25. The SMILES string of the molecule is Cc1cc(=O)[nH]c([C@H]2CN(Cc3ccc4ncccc4c3)CCO2)n1. The van der Waals surface area contributed by atoms with Gasteiger partial charge in [-0.15, -0.1) is 0 Å². The molecule has 0 bridgehead atoms. The van der Waals surface area contributed by atoms with Crippen molar-refractivity contribution in [2.75, 3.05) is 19.7 Å². The quantitative estimate of drug-likeness (QED) is 0.794. The van der Waals surface area contributed by atoms with E-state index in [1.165, 1.54) is 11.6 Å². The highest BCUT2D eigenvalue weighted by Crippen LogP contribution is 2.21. The van der Waals surface area contributed by atoms with E-state index in [2.05, 4.69) is 44.1 Å². The molecule has 3 heterocycles. The van der Waals surface area contributed by atoms with Gasteiger partial charge in [0.05, 0.1) is 12.1 Å². The van der Waals surface area contributed by atoms with Crippen molar-refractivity contribution < 1.29 is 4.74 Å². The highest BCUT2D eigenvalue weighted by atomic mass is 16.5. The molecule has 1 atom stereocenters. The van der Waals surface area contributed by atoms with Crippen LogP contribution in [0.2, 0.25) is 0 Å². The summed E-state index contributed by atoms with van der Waals surface area (Å²) in [6.45, 7) is 4.84. The molecule has 0 spiro atoms. The number of aromatic nitrogens is 3. The van der Waals surface area contributed by atoms with Crippen LogP contribution in [0, 0.1) is 6.92 Å². The number of morpholine rings is 1. The van der Waals surface area contributed by atoms with Gasteiger partial charge in [0.25, 0.3) is 5.56 Å². The topological polar surface area (TPSA) is 71.1 Å². The number of nitrogens with zero attached hydrogens (tertiary/aromatic N) is 3. The van der Waals surface area contributed by atoms with Gasteiger partial charge in [-0.3, -0.25) is 14.7 Å². The molecule has 6 nitrogen and oxygen atoms in total. The molecule has 3 aromatic rings. The number of aromatic amines is 1. The molecule has 25 heavy (non-hydrogen) atoms. The number of fused-ring (bicyclic) bond motifs is 1. The lowest BCUT2D eigenvalue weighted by Gasteiger charge is -2.32. The lowest BCUT2D eigenvalue weighted by atomic mass is 10.1. The molecule has 1 aromatic carbocycles. The van der Waals surface area contributed by atoms with Crippen LogP contribution in [0.4, 0.5) is 0 Å². The normalized spacial score (nSPS) is 18.5. The van der Waals surface area contributed by atoms with Crippen molar-refractivity contribution in [3.8, 4) is 0 Å². The van der Waals surface area contributed by atoms with E-state index in [4.69, 9.17) is 4.74 Å². The third kappa shape index (κ3) is 3.60. The minimum Gasteiger partial charge on any atom is -0.368 e. The molecule has 0 unspecified atom stereocenters. The Bertz CT molecular complexity index is 953. The first kappa shape index (κ1) is 15.9. The Balaban J connectivity index is 1.51. The second-order valence-electron chi connectivity index (χ2n) is 6.40. The fraction of sp³-hybridized carbons (Fsp3) is 0.316. The summed E-state index contributed by atoms with van der Waals surface area (Å²) in [7, 11) is 0. The first-order valence-corrected chi connectivity index (χ1v) is 8.43. The van der Waals surface area contributed by atoms with Gasteiger partial charge in [-0.25, -0.2) is 4.98 Å². The lowest BCUT2D eigenvalue weighted by Crippen LogP contribution is -2.39. The van der Waals surface area contributed by atoms with Crippen molar-refractivity contribution >= 4 is 10.9 Å². The Hall–Kier alpha value is -2.57. The van der Waals surface area contributed by atoms with Gasteiger partial charge in [-0.1, -0.05) is 12.1 Å². The van der Waals surface area contributed by atoms with E-state index >= 15 is 0 Å². The van der Waals surface area contributed by atoms with Crippen LogP contribution < -0.4 is 5.56 Å². The van der Waals surface area contributed by atoms with E-state index in [-0.39, 0.29) is 11.7 Å². The Morgan fingerprint density at radius 2 is 2.24 bits per heavy atom. The van der Waals surface area contributed by atoms with Gasteiger partial charge in [0.2, 0.25) is 0 Å². The molecular weight excluding hydrogens is 316 g/mol. The smallest absolute Gasteiger partial charge is 0.251 e. The van der Waals surface area contributed by atoms with Crippen molar-refractivity contribution in [1.29, 1.82) is 0 Å². The summed E-state index contributed by atoms with van der Waals surface area (Å²) < 4.78 is 5.83. The van der Waals surface area contributed by atoms with Crippen LogP contribution >= 0.6 is 0 Å². The zero-order valence-electron chi connectivity index (χ0n) is 14.1. The molecule has 0 aliphatic carbocycles. The molecule has 1 N–H and O–H groups in total. The maximum absolute atomic E-state index is 11.7. The van der Waals surface area contributed by atoms with Crippen molar-refractivity contribution in [3.05, 3.63) is 70.0 Å². The standard InChI is InChI=1S/C19H20N4O2/c1-13-9-18(24)22-19(21-13)17-12-23(7-8-25-17)11-14-4-5-16-15(10-14)3-2-6-20-16/h2-6,9-10,17H,7-8,11-12H2,1H3,(H,21,22,24)/t17-/m1/s1. The summed E-state index contributed by atoms with van der Waals surface area (Å²) in [5.41, 5.74) is 2.83. The van der Waals surface area contributed by atoms with Crippen molar-refractivity contribution in [2.24, 2.45) is 0 Å². The van der Waals surface area contributed by atoms with Gasteiger partial charge in [0, 0.05) is 43.0 Å². The summed E-state index contributed by atoms with van der Waals surface area (Å²) in [6.07, 6.45) is 1.60. The maximum atomic E-state index is 11.7. The first-order valence-electron chi connectivity index (χ1n) is 8.43. The lowest BCUT2D eigenvalue weighted by molar-refractivity contribution is -0.0373. The molecule has 1 fully saturated rings. The Morgan fingerprint density at radius 3 is 3.12 bits per heavy atom. The van der Waals surface area contributed by atoms with E-state index in [0.717, 1.165) is 24.0 Å². The number of rotatable bonds is 3. The molecule has 6 heteroatoms. The zero-order chi connectivity index (χ0) is 17.2. The number of aryl methyl sites for hydroxylation is 1. The van der Waals surface area contributed by atoms with Gasteiger partial charge < -0.3 is 9.72 Å². The van der Waals surface area contributed by atoms with Gasteiger partial charge in [0.15, 0.2) is 0 Å². The first-order chi connectivity index (χ1) is 12.2. The van der Waals surface area contributed by atoms with E-state index < -0.39 is 0 Å². The number of hydrogen-bond acceptors (Lipinski definition) is 5. The van der Waals surface area contributed by atoms with Crippen LogP contribution in [0.1, 0.15) is 23.2 Å². The number of pyridine rings is 1. The molecule has 4 rings (SSSR count). The van der Waals surface area contributed by atoms with E-state index in [1.807, 2.05) is 19.2 Å². The van der Waals surface area contributed by atoms with E-state index in [9.17, 15) is 4.79 Å². The second-order valence-corrected chi connectivity index (χ2v) is 6.40. The zero-order valence-corrected chi connectivity index (χ0v) is 14.1. The number of hydrogen-bond donors (Lipinski definition) is 1. The fourth-order valence-electron chi connectivity index (χ4n) is 3.25. The molecule has 0 amide bonds. The van der Waals surface area contributed by atoms with Gasteiger partial charge in [-0.05, 0) is 30.7 Å². The third-order valence-electron chi connectivity index (χ3n) is 4.42. The average Bonchev–Trinajstić information content (AvgIpc) is 2.61. The minimum atomic E-state index is -0.205. The van der Waals surface area contributed by atoms with Crippen LogP contribution in [0.3, 0.4) is 0 Å². The van der Waals surface area contributed by atoms with Crippen LogP contribution in [-0.4, -0.2) is 39.5 Å². The van der Waals surface area contributed by atoms with Gasteiger partial charge >= 0.3 is 0 Å². The number of benzene rings is 1. The summed E-state index contributed by atoms with van der Waals surface area (Å²) in [5, 5.41) is 1.15. The predicted octanol–water partition coefficient (Wildman–Crippen LogP) is 2.20. The number of nitrogens with one attached hydrogen (secondary N) is 1. The second kappa shape index (κ2) is 6.74.